The minimum absolute atomic E-state index is 0.0288. The van der Waals surface area contributed by atoms with Crippen LogP contribution in [0.15, 0.2) is 47.6 Å². The molecule has 1 heterocycles. The van der Waals surface area contributed by atoms with Crippen molar-refractivity contribution in [1.29, 1.82) is 0 Å². The number of hydrogen-bond donors (Lipinski definition) is 1. The maximum absolute atomic E-state index is 14.1. The Bertz CT molecular complexity index is 1370. The van der Waals surface area contributed by atoms with E-state index in [0.717, 1.165) is 12.3 Å². The molecule has 4 atom stereocenters. The van der Waals surface area contributed by atoms with Crippen molar-refractivity contribution < 1.29 is 23.6 Å². The van der Waals surface area contributed by atoms with E-state index < -0.39 is 16.6 Å². The molecule has 1 N–H and O–H groups in total. The molecule has 0 spiro atoms. The number of carbonyl (C=O) groups is 1. The van der Waals surface area contributed by atoms with Gasteiger partial charge < -0.3 is 14.8 Å². The molecule has 2 aromatic carbocycles. The number of fused-ring (bicyclic) bond motifs is 2. The van der Waals surface area contributed by atoms with Gasteiger partial charge in [0.25, 0.3) is 5.69 Å². The molecule has 0 aliphatic heterocycles. The Hall–Kier alpha value is -3.67. The van der Waals surface area contributed by atoms with Gasteiger partial charge >= 0.3 is 0 Å². The van der Waals surface area contributed by atoms with Crippen LogP contribution in [0.4, 0.5) is 15.8 Å². The highest BCUT2D eigenvalue weighted by atomic mass is 32.2. The first-order valence-corrected chi connectivity index (χ1v) is 13.9. The van der Waals surface area contributed by atoms with Crippen LogP contribution in [0.5, 0.6) is 11.5 Å². The number of methoxy groups -OCH3 is 1. The third-order valence-corrected chi connectivity index (χ3v) is 8.70. The summed E-state index contributed by atoms with van der Waals surface area (Å²) in [4.78, 5) is 23.7. The average Bonchev–Trinajstić information content (AvgIpc) is 3.67. The van der Waals surface area contributed by atoms with Crippen LogP contribution in [-0.4, -0.2) is 38.5 Å². The number of aromatic nitrogens is 3. The molecule has 2 aliphatic carbocycles. The van der Waals surface area contributed by atoms with Crippen LogP contribution in [0.25, 0.3) is 0 Å². The zero-order chi connectivity index (χ0) is 27.5. The second-order valence-corrected chi connectivity index (χ2v) is 11.0. The third-order valence-electron chi connectivity index (χ3n) is 7.76. The largest absolute Gasteiger partial charge is 0.496 e. The van der Waals surface area contributed by atoms with Crippen molar-refractivity contribution in [2.45, 2.75) is 50.4 Å². The zero-order valence-corrected chi connectivity index (χ0v) is 22.5. The predicted molar refractivity (Wildman–Crippen MR) is 143 cm³/mol. The number of halogens is 1. The lowest BCUT2D eigenvalue weighted by atomic mass is 9.84. The summed E-state index contributed by atoms with van der Waals surface area (Å²) >= 11 is 1.20. The monoisotopic (exact) mass is 555 g/mol. The Morgan fingerprint density at radius 1 is 1.26 bits per heavy atom. The summed E-state index contributed by atoms with van der Waals surface area (Å²) in [5.74, 6) is 1.96. The number of thioether (sulfide) groups is 1. The van der Waals surface area contributed by atoms with E-state index in [1.807, 2.05) is 4.57 Å². The summed E-state index contributed by atoms with van der Waals surface area (Å²) in [6, 6.07) is 10.5. The number of benzene rings is 2. The topological polar surface area (TPSA) is 121 Å². The van der Waals surface area contributed by atoms with E-state index in [2.05, 4.69) is 22.4 Å². The van der Waals surface area contributed by atoms with Crippen molar-refractivity contribution in [3.05, 3.63) is 64.2 Å². The number of hydrogen-bond acceptors (Lipinski definition) is 8. The molecule has 206 valence electrons. The fourth-order valence-corrected chi connectivity index (χ4v) is 6.75. The molecule has 2 aliphatic rings. The highest BCUT2D eigenvalue weighted by Gasteiger charge is 2.43. The molecular weight excluding hydrogens is 525 g/mol. The van der Waals surface area contributed by atoms with E-state index in [-0.39, 0.29) is 35.5 Å². The lowest BCUT2D eigenvalue weighted by molar-refractivity contribution is -0.384. The van der Waals surface area contributed by atoms with Crippen LogP contribution in [0.3, 0.4) is 0 Å². The number of nitro groups is 1. The highest BCUT2D eigenvalue weighted by molar-refractivity contribution is 7.99. The minimum Gasteiger partial charge on any atom is -0.496 e. The van der Waals surface area contributed by atoms with Crippen LogP contribution < -0.4 is 14.8 Å². The molecular formula is C27H30FN5O5S. The second-order valence-electron chi connectivity index (χ2n) is 10.0. The van der Waals surface area contributed by atoms with Crippen LogP contribution in [0.2, 0.25) is 0 Å². The minimum atomic E-state index is -0.569. The summed E-state index contributed by atoms with van der Waals surface area (Å²) in [5.41, 5.74) is -0.171. The Morgan fingerprint density at radius 3 is 2.77 bits per heavy atom. The first kappa shape index (κ1) is 26.9. The van der Waals surface area contributed by atoms with Crippen LogP contribution >= 0.6 is 11.8 Å². The van der Waals surface area contributed by atoms with E-state index in [4.69, 9.17) is 9.47 Å². The van der Waals surface area contributed by atoms with Gasteiger partial charge in [0.15, 0.2) is 22.5 Å². The number of carbonyl (C=O) groups excluding carboxylic acids is 1. The lowest BCUT2D eigenvalue weighted by Gasteiger charge is -2.30. The summed E-state index contributed by atoms with van der Waals surface area (Å²) in [5, 5.41) is 23.3. The summed E-state index contributed by atoms with van der Waals surface area (Å²) in [6.45, 7) is 2.18. The van der Waals surface area contributed by atoms with Gasteiger partial charge in [-0.15, -0.1) is 10.2 Å². The highest BCUT2D eigenvalue weighted by Crippen LogP contribution is 2.52. The van der Waals surface area contributed by atoms with Gasteiger partial charge in [0.1, 0.15) is 18.0 Å². The summed E-state index contributed by atoms with van der Waals surface area (Å²) in [7, 11) is 1.41. The molecule has 39 heavy (non-hydrogen) atoms. The van der Waals surface area contributed by atoms with Crippen molar-refractivity contribution in [3.63, 3.8) is 0 Å². The molecule has 3 aromatic rings. The van der Waals surface area contributed by atoms with E-state index in [9.17, 15) is 19.3 Å². The van der Waals surface area contributed by atoms with Crippen molar-refractivity contribution >= 4 is 29.0 Å². The normalized spacial score (nSPS) is 20.5. The standard InChI is InChI=1S/C27H30FN5O5S/c1-16(20-12-17-7-8-18(20)11-17)32-25(14-38-24-6-4-3-5-21(24)28)30-31-27(32)39-15-26(34)29-22-10-9-19(37-2)13-23(22)33(35)36/h3-6,9-10,13,16-18,20H,7-8,11-12,14-15H2,1-2H3,(H,29,34)/t16-,17+,18+,20+/m0/s1. The number of rotatable bonds is 11. The zero-order valence-electron chi connectivity index (χ0n) is 21.7. The van der Waals surface area contributed by atoms with Gasteiger partial charge in [-0.25, -0.2) is 4.39 Å². The number of amides is 1. The number of nitro benzene ring substituents is 1. The van der Waals surface area contributed by atoms with Gasteiger partial charge in [0.2, 0.25) is 5.91 Å². The van der Waals surface area contributed by atoms with Crippen molar-refractivity contribution in [3.8, 4) is 11.5 Å². The average molecular weight is 556 g/mol. The van der Waals surface area contributed by atoms with Crippen LogP contribution in [0.1, 0.15) is 44.5 Å². The Kier molecular flexibility index (Phi) is 8.01. The predicted octanol–water partition coefficient (Wildman–Crippen LogP) is 5.64. The maximum Gasteiger partial charge on any atom is 0.296 e. The van der Waals surface area contributed by atoms with E-state index >= 15 is 0 Å². The number of nitrogens with zero attached hydrogens (tertiary/aromatic N) is 4. The SMILES string of the molecule is COc1ccc(NC(=O)CSc2nnc(COc3ccccc3F)n2[C@@H](C)[C@H]2C[C@@H]3CC[C@@H]2C3)c([N+](=O)[O-])c1. The van der Waals surface area contributed by atoms with E-state index in [1.165, 1.54) is 56.3 Å². The van der Waals surface area contributed by atoms with Crippen molar-refractivity contribution in [2.75, 3.05) is 18.2 Å². The molecule has 5 rings (SSSR count). The molecule has 12 heteroatoms. The number of anilines is 1. The lowest BCUT2D eigenvalue weighted by Crippen LogP contribution is -2.25. The Labute approximate surface area is 229 Å². The fourth-order valence-electron chi connectivity index (χ4n) is 5.91. The number of para-hydroxylation sites is 1. The Balaban J connectivity index is 1.32. The van der Waals surface area contributed by atoms with Gasteiger partial charge in [0.05, 0.1) is 23.9 Å². The number of nitrogens with one attached hydrogen (secondary N) is 1. The van der Waals surface area contributed by atoms with Gasteiger partial charge in [-0.2, -0.15) is 0 Å². The van der Waals surface area contributed by atoms with Crippen LogP contribution in [-0.2, 0) is 11.4 Å². The molecule has 2 saturated carbocycles. The molecule has 1 aromatic heterocycles. The fraction of sp³-hybridized carbons (Fsp3) is 0.444. The molecule has 0 saturated heterocycles. The Morgan fingerprint density at radius 2 is 2.08 bits per heavy atom. The van der Waals surface area contributed by atoms with Crippen LogP contribution in [0, 0.1) is 33.7 Å². The number of ether oxygens (including phenoxy) is 2. The molecule has 1 amide bonds. The molecule has 0 radical (unpaired) electrons. The molecule has 2 fully saturated rings. The van der Waals surface area contributed by atoms with E-state index in [0.29, 0.717) is 28.6 Å². The van der Waals surface area contributed by atoms with Gasteiger partial charge in [-0.3, -0.25) is 19.5 Å². The first-order valence-electron chi connectivity index (χ1n) is 12.9. The van der Waals surface area contributed by atoms with Crippen molar-refractivity contribution in [1.82, 2.24) is 14.8 Å². The maximum atomic E-state index is 14.1. The smallest absolute Gasteiger partial charge is 0.296 e. The first-order chi connectivity index (χ1) is 18.8. The molecule has 2 bridgehead atoms. The van der Waals surface area contributed by atoms with Gasteiger partial charge in [-0.1, -0.05) is 30.3 Å². The van der Waals surface area contributed by atoms with Crippen molar-refractivity contribution in [2.24, 2.45) is 17.8 Å². The van der Waals surface area contributed by atoms with Gasteiger partial charge in [0, 0.05) is 6.04 Å². The quantitative estimate of drug-likeness (QED) is 0.183. The van der Waals surface area contributed by atoms with Gasteiger partial charge in [-0.05, 0) is 68.2 Å². The molecule has 0 unspecified atom stereocenters. The summed E-state index contributed by atoms with van der Waals surface area (Å²) < 4.78 is 27.0. The van der Waals surface area contributed by atoms with E-state index in [1.54, 1.807) is 24.3 Å². The molecule has 10 nitrogen and oxygen atoms in total. The second kappa shape index (κ2) is 11.6. The third kappa shape index (κ3) is 5.85. The summed E-state index contributed by atoms with van der Waals surface area (Å²) in [6.07, 6.45) is 4.88.